The fraction of sp³-hybridized carbons (Fsp3) is 0.571. The molecule has 5 nitrogen and oxygen atoms in total. The van der Waals surface area contributed by atoms with E-state index in [1.54, 1.807) is 0 Å². The van der Waals surface area contributed by atoms with E-state index in [1.807, 2.05) is 0 Å². The topological polar surface area (TPSA) is 58.4 Å². The molecule has 0 aromatic heterocycles. The molecule has 1 aromatic carbocycles. The average Bonchev–Trinajstić information content (AvgIpc) is 2.92. The van der Waals surface area contributed by atoms with E-state index in [0.29, 0.717) is 12.6 Å². The molecule has 0 spiro atoms. The SMILES string of the molecule is CCN1CCCC1CNc1ccc([N+](=O)[O-])cc1C(F)F. The van der Waals surface area contributed by atoms with Gasteiger partial charge in [-0.05, 0) is 32.0 Å². The fourth-order valence-corrected chi connectivity index (χ4v) is 2.78. The van der Waals surface area contributed by atoms with Crippen LogP contribution < -0.4 is 5.32 Å². The summed E-state index contributed by atoms with van der Waals surface area (Å²) >= 11 is 0. The summed E-state index contributed by atoms with van der Waals surface area (Å²) in [6.45, 7) is 4.62. The summed E-state index contributed by atoms with van der Waals surface area (Å²) < 4.78 is 26.1. The molecule has 1 fully saturated rings. The summed E-state index contributed by atoms with van der Waals surface area (Å²) in [4.78, 5) is 12.3. The van der Waals surface area contributed by atoms with Crippen LogP contribution in [0, 0.1) is 10.1 Å². The lowest BCUT2D eigenvalue weighted by atomic mass is 10.1. The highest BCUT2D eigenvalue weighted by Crippen LogP contribution is 2.31. The van der Waals surface area contributed by atoms with E-state index in [-0.39, 0.29) is 16.9 Å². The first-order valence-electron chi connectivity index (χ1n) is 7.07. The predicted octanol–water partition coefficient (Wildman–Crippen LogP) is 3.43. The number of nitro benzene ring substituents is 1. The number of non-ortho nitro benzene ring substituents is 1. The Morgan fingerprint density at radius 2 is 2.29 bits per heavy atom. The zero-order valence-corrected chi connectivity index (χ0v) is 11.9. The number of hydrogen-bond donors (Lipinski definition) is 1. The molecule has 1 unspecified atom stereocenters. The molecule has 2 rings (SSSR count). The maximum Gasteiger partial charge on any atom is 0.270 e. The largest absolute Gasteiger partial charge is 0.383 e. The first-order chi connectivity index (χ1) is 10.0. The molecule has 1 aromatic rings. The zero-order valence-electron chi connectivity index (χ0n) is 11.9. The summed E-state index contributed by atoms with van der Waals surface area (Å²) in [5.41, 5.74) is -0.351. The highest BCUT2D eigenvalue weighted by Gasteiger charge is 2.24. The number of likely N-dealkylation sites (tertiary alicyclic amines) is 1. The minimum absolute atomic E-state index is 0.276. The third-order valence-corrected chi connectivity index (χ3v) is 3.91. The van der Waals surface area contributed by atoms with Gasteiger partial charge in [0.05, 0.1) is 4.92 Å². The van der Waals surface area contributed by atoms with Crippen LogP contribution in [0.1, 0.15) is 31.8 Å². The molecule has 0 radical (unpaired) electrons. The lowest BCUT2D eigenvalue weighted by Crippen LogP contribution is -2.34. The molecule has 1 heterocycles. The molecule has 1 saturated heterocycles. The van der Waals surface area contributed by atoms with E-state index in [0.717, 1.165) is 32.0 Å². The average molecular weight is 299 g/mol. The lowest BCUT2D eigenvalue weighted by Gasteiger charge is -2.24. The van der Waals surface area contributed by atoms with Crippen LogP contribution in [0.4, 0.5) is 20.2 Å². The molecule has 0 saturated carbocycles. The second-order valence-corrected chi connectivity index (χ2v) is 5.13. The third kappa shape index (κ3) is 3.66. The van der Waals surface area contributed by atoms with Crippen LogP contribution >= 0.6 is 0 Å². The molecular formula is C14H19F2N3O2. The molecule has 21 heavy (non-hydrogen) atoms. The number of benzene rings is 1. The number of nitrogens with zero attached hydrogens (tertiary/aromatic N) is 2. The summed E-state index contributed by atoms with van der Waals surface area (Å²) in [6.07, 6.45) is -0.585. The van der Waals surface area contributed by atoms with Crippen LogP contribution in [0.2, 0.25) is 0 Å². The van der Waals surface area contributed by atoms with Crippen molar-refractivity contribution in [1.29, 1.82) is 0 Å². The normalized spacial score (nSPS) is 19.1. The number of rotatable bonds is 6. The van der Waals surface area contributed by atoms with Gasteiger partial charge in [-0.15, -0.1) is 0 Å². The van der Waals surface area contributed by atoms with Crippen molar-refractivity contribution in [1.82, 2.24) is 4.90 Å². The van der Waals surface area contributed by atoms with Crippen LogP contribution in [-0.4, -0.2) is 35.5 Å². The number of nitro groups is 1. The summed E-state index contributed by atoms with van der Waals surface area (Å²) in [6, 6.07) is 3.89. The zero-order chi connectivity index (χ0) is 15.4. The minimum atomic E-state index is -2.74. The molecule has 116 valence electrons. The molecule has 1 aliphatic heterocycles. The van der Waals surface area contributed by atoms with Crippen molar-refractivity contribution in [2.24, 2.45) is 0 Å². The van der Waals surface area contributed by atoms with Crippen molar-refractivity contribution in [3.63, 3.8) is 0 Å². The Morgan fingerprint density at radius 3 is 2.90 bits per heavy atom. The highest BCUT2D eigenvalue weighted by molar-refractivity contribution is 5.56. The van der Waals surface area contributed by atoms with Crippen molar-refractivity contribution in [3.8, 4) is 0 Å². The molecule has 1 aliphatic rings. The predicted molar refractivity (Wildman–Crippen MR) is 76.8 cm³/mol. The van der Waals surface area contributed by atoms with Crippen LogP contribution in [0.25, 0.3) is 0 Å². The quantitative estimate of drug-likeness (QED) is 0.646. The van der Waals surface area contributed by atoms with Crippen molar-refractivity contribution in [2.75, 3.05) is 25.0 Å². The van der Waals surface area contributed by atoms with Gasteiger partial charge >= 0.3 is 0 Å². The Hall–Kier alpha value is -1.76. The van der Waals surface area contributed by atoms with Crippen LogP contribution in [0.5, 0.6) is 0 Å². The lowest BCUT2D eigenvalue weighted by molar-refractivity contribution is -0.385. The van der Waals surface area contributed by atoms with Crippen LogP contribution in [-0.2, 0) is 0 Å². The van der Waals surface area contributed by atoms with E-state index in [1.165, 1.54) is 12.1 Å². The molecule has 1 atom stereocenters. The number of likely N-dealkylation sites (N-methyl/N-ethyl adjacent to an activating group) is 1. The number of hydrogen-bond acceptors (Lipinski definition) is 4. The van der Waals surface area contributed by atoms with Gasteiger partial charge < -0.3 is 5.32 Å². The number of nitrogens with one attached hydrogen (secondary N) is 1. The van der Waals surface area contributed by atoms with Gasteiger partial charge in [0.1, 0.15) is 0 Å². The molecule has 0 aliphatic carbocycles. The Bertz CT molecular complexity index is 511. The second kappa shape index (κ2) is 6.80. The monoisotopic (exact) mass is 299 g/mol. The fourth-order valence-electron chi connectivity index (χ4n) is 2.78. The first kappa shape index (κ1) is 15.6. The van der Waals surface area contributed by atoms with Crippen molar-refractivity contribution in [3.05, 3.63) is 33.9 Å². The maximum atomic E-state index is 13.0. The van der Waals surface area contributed by atoms with Gasteiger partial charge in [0, 0.05) is 36.0 Å². The minimum Gasteiger partial charge on any atom is -0.383 e. The number of anilines is 1. The molecule has 0 bridgehead atoms. The van der Waals surface area contributed by atoms with Crippen LogP contribution in [0.3, 0.4) is 0 Å². The summed E-state index contributed by atoms with van der Waals surface area (Å²) in [5.74, 6) is 0. The maximum absolute atomic E-state index is 13.0. The smallest absolute Gasteiger partial charge is 0.270 e. The van der Waals surface area contributed by atoms with Gasteiger partial charge in [-0.3, -0.25) is 15.0 Å². The van der Waals surface area contributed by atoms with Crippen molar-refractivity contribution in [2.45, 2.75) is 32.2 Å². The van der Waals surface area contributed by atoms with Crippen molar-refractivity contribution < 1.29 is 13.7 Å². The summed E-state index contributed by atoms with van der Waals surface area (Å²) in [5, 5.41) is 13.7. The number of halogens is 2. The van der Waals surface area contributed by atoms with Crippen molar-refractivity contribution >= 4 is 11.4 Å². The Kier molecular flexibility index (Phi) is 5.06. The molecular weight excluding hydrogens is 280 g/mol. The Labute approximate surface area is 122 Å². The van der Waals surface area contributed by atoms with Crippen LogP contribution in [0.15, 0.2) is 18.2 Å². The summed E-state index contributed by atoms with van der Waals surface area (Å²) in [7, 11) is 0. The van der Waals surface area contributed by atoms with E-state index >= 15 is 0 Å². The first-order valence-corrected chi connectivity index (χ1v) is 7.07. The van der Waals surface area contributed by atoms with Gasteiger partial charge in [0.2, 0.25) is 0 Å². The van der Waals surface area contributed by atoms with Gasteiger partial charge in [-0.25, -0.2) is 8.78 Å². The molecule has 0 amide bonds. The Balaban J connectivity index is 2.10. The molecule has 7 heteroatoms. The standard InChI is InChI=1S/C14H19F2N3O2/c1-2-18-7-3-4-11(18)9-17-13-6-5-10(19(20)21)8-12(13)14(15)16/h5-6,8,11,14,17H,2-4,7,9H2,1H3. The van der Waals surface area contributed by atoms with Gasteiger partial charge in [-0.1, -0.05) is 6.92 Å². The second-order valence-electron chi connectivity index (χ2n) is 5.13. The highest BCUT2D eigenvalue weighted by atomic mass is 19.3. The third-order valence-electron chi connectivity index (χ3n) is 3.91. The number of alkyl halides is 2. The van der Waals surface area contributed by atoms with Gasteiger partial charge in [0.15, 0.2) is 0 Å². The van der Waals surface area contributed by atoms with E-state index in [9.17, 15) is 18.9 Å². The van der Waals surface area contributed by atoms with E-state index < -0.39 is 11.3 Å². The van der Waals surface area contributed by atoms with E-state index in [4.69, 9.17) is 0 Å². The van der Waals surface area contributed by atoms with E-state index in [2.05, 4.69) is 17.1 Å². The van der Waals surface area contributed by atoms with Gasteiger partial charge in [-0.2, -0.15) is 0 Å². The Morgan fingerprint density at radius 1 is 1.52 bits per heavy atom. The molecule has 1 N–H and O–H groups in total. The van der Waals surface area contributed by atoms with Gasteiger partial charge in [0.25, 0.3) is 12.1 Å².